The van der Waals surface area contributed by atoms with Crippen molar-refractivity contribution in [2.24, 2.45) is 10.9 Å². The van der Waals surface area contributed by atoms with Crippen LogP contribution >= 0.6 is 12.2 Å². The number of hydrogen-bond acceptors (Lipinski definition) is 2. The molecular weight excluding hydrogens is 206 g/mol. The van der Waals surface area contributed by atoms with Crippen LogP contribution in [0.15, 0.2) is 4.99 Å². The molecule has 0 atom stereocenters. The number of thiocarbonyl (C=S) groups is 1. The van der Waals surface area contributed by atoms with Crippen molar-refractivity contribution in [2.45, 2.75) is 59.8 Å². The van der Waals surface area contributed by atoms with E-state index < -0.39 is 0 Å². The first-order valence-corrected chi connectivity index (χ1v) is 5.37. The van der Waals surface area contributed by atoms with Gasteiger partial charge in [0.1, 0.15) is 0 Å². The highest BCUT2D eigenvalue weighted by atomic mass is 32.1. The number of carbonyl (C=O) groups excluding carboxylic acids is 1. The van der Waals surface area contributed by atoms with Crippen LogP contribution in [0.2, 0.25) is 0 Å². The van der Waals surface area contributed by atoms with E-state index in [1.54, 1.807) is 0 Å². The lowest BCUT2D eigenvalue weighted by Gasteiger charge is -2.15. The third-order valence-corrected chi connectivity index (χ3v) is 2.70. The molecule has 1 aliphatic rings. The van der Waals surface area contributed by atoms with Gasteiger partial charge in [0.2, 0.25) is 0 Å². The van der Waals surface area contributed by atoms with Crippen LogP contribution in [0.5, 0.6) is 0 Å². The number of amides is 1. The summed E-state index contributed by atoms with van der Waals surface area (Å²) in [7, 11) is 0. The van der Waals surface area contributed by atoms with Crippen molar-refractivity contribution in [3.05, 3.63) is 0 Å². The maximum absolute atomic E-state index is 11.4. The van der Waals surface area contributed by atoms with Crippen LogP contribution in [0.25, 0.3) is 0 Å². The lowest BCUT2D eigenvalue weighted by molar-refractivity contribution is -0.122. The molecule has 1 fully saturated rings. The second kappa shape index (κ2) is 10.0. The van der Waals surface area contributed by atoms with Crippen molar-refractivity contribution in [1.82, 2.24) is 0 Å². The van der Waals surface area contributed by atoms with Gasteiger partial charge in [0.05, 0.1) is 5.16 Å². The molecule has 0 spiro atoms. The first-order valence-electron chi connectivity index (χ1n) is 4.96. The standard InChI is InChI=1S/C10H15NOS.2CH4/c12-10(11-8-13)9-6-4-2-1-3-5-7-9;;/h9H,1-7H2;2*1H4. The van der Waals surface area contributed by atoms with Crippen molar-refractivity contribution >= 4 is 23.3 Å². The summed E-state index contributed by atoms with van der Waals surface area (Å²) in [4.78, 5) is 14.9. The zero-order valence-corrected chi connectivity index (χ0v) is 8.61. The molecule has 3 heteroatoms. The van der Waals surface area contributed by atoms with Gasteiger partial charge in [-0.2, -0.15) is 4.99 Å². The Morgan fingerprint density at radius 2 is 1.53 bits per heavy atom. The van der Waals surface area contributed by atoms with E-state index in [1.807, 2.05) is 0 Å². The van der Waals surface area contributed by atoms with E-state index in [-0.39, 0.29) is 26.7 Å². The average Bonchev–Trinajstić information content (AvgIpc) is 2.03. The number of nitrogens with zero attached hydrogens (tertiary/aromatic N) is 1. The van der Waals surface area contributed by atoms with E-state index in [4.69, 9.17) is 0 Å². The highest BCUT2D eigenvalue weighted by Crippen LogP contribution is 2.22. The fraction of sp³-hybridized carbons (Fsp3) is 0.833. The number of carbonyl (C=O) groups is 1. The van der Waals surface area contributed by atoms with Crippen molar-refractivity contribution in [3.63, 3.8) is 0 Å². The van der Waals surface area contributed by atoms with Gasteiger partial charge in [-0.3, -0.25) is 4.79 Å². The molecule has 0 aromatic heterocycles. The van der Waals surface area contributed by atoms with Crippen molar-refractivity contribution in [3.8, 4) is 0 Å². The van der Waals surface area contributed by atoms with Crippen LogP contribution in [0.3, 0.4) is 0 Å². The first kappa shape index (κ1) is 16.9. The van der Waals surface area contributed by atoms with Gasteiger partial charge in [-0.25, -0.2) is 0 Å². The molecule has 0 bridgehead atoms. The van der Waals surface area contributed by atoms with E-state index in [2.05, 4.69) is 22.4 Å². The predicted octanol–water partition coefficient (Wildman–Crippen LogP) is 4.25. The molecule has 0 aliphatic heterocycles. The average molecular weight is 229 g/mol. The smallest absolute Gasteiger partial charge is 0.257 e. The minimum absolute atomic E-state index is 0. The minimum atomic E-state index is -0.0584. The second-order valence-corrected chi connectivity index (χ2v) is 3.77. The highest BCUT2D eigenvalue weighted by molar-refractivity contribution is 7.78. The van der Waals surface area contributed by atoms with Crippen LogP contribution in [-0.4, -0.2) is 11.1 Å². The van der Waals surface area contributed by atoms with Gasteiger partial charge in [0.15, 0.2) is 0 Å². The normalized spacial score (nSPS) is 17.1. The van der Waals surface area contributed by atoms with Gasteiger partial charge in [-0.15, -0.1) is 0 Å². The molecule has 0 N–H and O–H groups in total. The van der Waals surface area contributed by atoms with Gasteiger partial charge in [0, 0.05) is 5.92 Å². The molecule has 0 saturated heterocycles. The molecule has 1 aliphatic carbocycles. The third kappa shape index (κ3) is 6.53. The molecule has 0 radical (unpaired) electrons. The topological polar surface area (TPSA) is 29.4 Å². The molecule has 1 saturated carbocycles. The largest absolute Gasteiger partial charge is 0.272 e. The Balaban J connectivity index is 0. The van der Waals surface area contributed by atoms with E-state index in [0.29, 0.717) is 0 Å². The van der Waals surface area contributed by atoms with E-state index in [9.17, 15) is 4.79 Å². The van der Waals surface area contributed by atoms with Gasteiger partial charge < -0.3 is 0 Å². The molecule has 1 amide bonds. The molecular formula is C12H23NOS. The lowest BCUT2D eigenvalue weighted by Crippen LogP contribution is -2.13. The highest BCUT2D eigenvalue weighted by Gasteiger charge is 2.18. The van der Waals surface area contributed by atoms with Crippen LogP contribution in [-0.2, 0) is 4.79 Å². The zero-order valence-electron chi connectivity index (χ0n) is 7.79. The summed E-state index contributed by atoms with van der Waals surface area (Å²) in [6.45, 7) is 0. The van der Waals surface area contributed by atoms with Gasteiger partial charge in [-0.05, 0) is 25.1 Å². The first-order chi connectivity index (χ1) is 6.34. The summed E-state index contributed by atoms with van der Waals surface area (Å²) in [5.41, 5.74) is 0. The van der Waals surface area contributed by atoms with Crippen LogP contribution < -0.4 is 0 Å². The third-order valence-electron chi connectivity index (χ3n) is 2.61. The molecule has 15 heavy (non-hydrogen) atoms. The quantitative estimate of drug-likeness (QED) is 0.497. The van der Waals surface area contributed by atoms with Crippen molar-refractivity contribution < 1.29 is 4.79 Å². The molecule has 0 aromatic carbocycles. The lowest BCUT2D eigenvalue weighted by atomic mass is 9.91. The van der Waals surface area contributed by atoms with E-state index >= 15 is 0 Å². The maximum atomic E-state index is 11.4. The summed E-state index contributed by atoms with van der Waals surface area (Å²) in [5, 5.41) is 2.16. The summed E-state index contributed by atoms with van der Waals surface area (Å²) in [6, 6.07) is 0. The van der Waals surface area contributed by atoms with Crippen molar-refractivity contribution in [2.75, 3.05) is 0 Å². The number of rotatable bonds is 1. The van der Waals surface area contributed by atoms with Gasteiger partial charge >= 0.3 is 0 Å². The Bertz CT molecular complexity index is 214. The molecule has 1 rings (SSSR count). The van der Waals surface area contributed by atoms with Crippen LogP contribution in [0.1, 0.15) is 59.8 Å². The van der Waals surface area contributed by atoms with Gasteiger partial charge in [0.25, 0.3) is 5.91 Å². The number of aliphatic imine (C=N–C) groups is 1. The summed E-state index contributed by atoms with van der Waals surface area (Å²) >= 11 is 4.42. The molecule has 0 unspecified atom stereocenters. The Labute approximate surface area is 99.2 Å². The van der Waals surface area contributed by atoms with Crippen LogP contribution in [0.4, 0.5) is 0 Å². The van der Waals surface area contributed by atoms with Crippen LogP contribution in [0, 0.1) is 5.92 Å². The number of hydrogen-bond donors (Lipinski definition) is 0. The molecule has 0 aromatic rings. The Morgan fingerprint density at radius 1 is 1.07 bits per heavy atom. The summed E-state index contributed by atoms with van der Waals surface area (Å²) < 4.78 is 0. The predicted molar refractivity (Wildman–Crippen MR) is 69.3 cm³/mol. The molecule has 0 heterocycles. The monoisotopic (exact) mass is 229 g/mol. The maximum Gasteiger partial charge on any atom is 0.257 e. The minimum Gasteiger partial charge on any atom is -0.272 e. The molecule has 2 nitrogen and oxygen atoms in total. The fourth-order valence-corrected chi connectivity index (χ4v) is 1.93. The summed E-state index contributed by atoms with van der Waals surface area (Å²) in [5.74, 6) is 0.0626. The summed E-state index contributed by atoms with van der Waals surface area (Å²) in [6.07, 6.45) is 8.11. The van der Waals surface area contributed by atoms with Crippen molar-refractivity contribution in [1.29, 1.82) is 0 Å². The van der Waals surface area contributed by atoms with E-state index in [1.165, 1.54) is 19.3 Å². The Morgan fingerprint density at radius 3 is 2.00 bits per heavy atom. The number of isothiocyanates is 1. The Kier molecular flexibility index (Phi) is 11.3. The fourth-order valence-electron chi connectivity index (χ4n) is 1.84. The SMILES string of the molecule is C.C.O=C(N=C=S)C1CCCCCCC1. The zero-order chi connectivity index (χ0) is 9.52. The second-order valence-electron chi connectivity index (χ2n) is 3.58. The Hall–Kier alpha value is -0.530. The van der Waals surface area contributed by atoms with Gasteiger partial charge in [-0.1, -0.05) is 47.0 Å². The molecule has 88 valence electrons. The van der Waals surface area contributed by atoms with E-state index in [0.717, 1.165) is 25.7 Å².